The molecule has 0 aliphatic carbocycles. The Kier molecular flexibility index (Phi) is 3.98. The third-order valence-corrected chi connectivity index (χ3v) is 2.35. The lowest BCUT2D eigenvalue weighted by Crippen LogP contribution is -2.10. The lowest BCUT2D eigenvalue weighted by atomic mass is 10.4. The number of hydrazine groups is 1. The van der Waals surface area contributed by atoms with Crippen molar-refractivity contribution in [1.29, 1.82) is 0 Å². The van der Waals surface area contributed by atoms with Crippen molar-refractivity contribution in [3.8, 4) is 0 Å². The summed E-state index contributed by atoms with van der Waals surface area (Å²) in [5.41, 5.74) is 3.46. The molecule has 3 N–H and O–H groups in total. The van der Waals surface area contributed by atoms with E-state index in [2.05, 4.69) is 22.3 Å². The van der Waals surface area contributed by atoms with Crippen LogP contribution in [0.5, 0.6) is 0 Å². The highest BCUT2D eigenvalue weighted by Crippen LogP contribution is 2.10. The van der Waals surface area contributed by atoms with Gasteiger partial charge in [0, 0.05) is 11.8 Å². The van der Waals surface area contributed by atoms with Gasteiger partial charge in [0.15, 0.2) is 0 Å². The van der Waals surface area contributed by atoms with E-state index in [-0.39, 0.29) is 0 Å². The molecule has 1 rings (SSSR count). The monoisotopic (exact) mass is 198 g/mol. The van der Waals surface area contributed by atoms with Crippen LogP contribution in [0, 0.1) is 6.92 Å². The van der Waals surface area contributed by atoms with Crippen LogP contribution in [-0.2, 0) is 5.75 Å². The number of nitrogens with one attached hydrogen (secondary N) is 1. The summed E-state index contributed by atoms with van der Waals surface area (Å²) < 4.78 is 0. The van der Waals surface area contributed by atoms with Crippen LogP contribution in [-0.4, -0.2) is 15.7 Å². The summed E-state index contributed by atoms with van der Waals surface area (Å²) in [6.45, 7) is 4.05. The van der Waals surface area contributed by atoms with E-state index in [1.807, 2.05) is 13.0 Å². The van der Waals surface area contributed by atoms with E-state index in [0.717, 1.165) is 23.0 Å². The van der Waals surface area contributed by atoms with Crippen molar-refractivity contribution in [2.75, 3.05) is 11.2 Å². The van der Waals surface area contributed by atoms with E-state index < -0.39 is 0 Å². The summed E-state index contributed by atoms with van der Waals surface area (Å²) in [4.78, 5) is 8.51. The maximum atomic E-state index is 5.27. The van der Waals surface area contributed by atoms with Gasteiger partial charge in [-0.3, -0.25) is 0 Å². The van der Waals surface area contributed by atoms with Crippen LogP contribution in [0.25, 0.3) is 0 Å². The third-order valence-electron chi connectivity index (χ3n) is 1.48. The van der Waals surface area contributed by atoms with Gasteiger partial charge in [-0.15, -0.1) is 0 Å². The maximum absolute atomic E-state index is 5.27. The minimum absolute atomic E-state index is 0.680. The van der Waals surface area contributed by atoms with E-state index in [1.54, 1.807) is 11.8 Å². The van der Waals surface area contributed by atoms with Gasteiger partial charge in [0.1, 0.15) is 11.6 Å². The minimum atomic E-state index is 0.680. The van der Waals surface area contributed by atoms with E-state index in [9.17, 15) is 0 Å². The van der Waals surface area contributed by atoms with Gasteiger partial charge in [0.25, 0.3) is 0 Å². The van der Waals surface area contributed by atoms with Gasteiger partial charge in [0.2, 0.25) is 0 Å². The maximum Gasteiger partial charge on any atom is 0.143 e. The van der Waals surface area contributed by atoms with Crippen molar-refractivity contribution in [1.82, 2.24) is 9.97 Å². The van der Waals surface area contributed by atoms with E-state index in [4.69, 9.17) is 5.84 Å². The fourth-order valence-electron chi connectivity index (χ4n) is 0.962. The van der Waals surface area contributed by atoms with Gasteiger partial charge in [-0.1, -0.05) is 6.92 Å². The van der Waals surface area contributed by atoms with Crippen molar-refractivity contribution in [3.63, 3.8) is 0 Å². The molecule has 0 spiro atoms. The smallest absolute Gasteiger partial charge is 0.143 e. The fraction of sp³-hybridized carbons (Fsp3) is 0.500. The molecule has 4 nitrogen and oxygen atoms in total. The quantitative estimate of drug-likeness (QED) is 0.564. The molecule has 0 saturated carbocycles. The van der Waals surface area contributed by atoms with Crippen molar-refractivity contribution in [3.05, 3.63) is 17.6 Å². The molecule has 72 valence electrons. The van der Waals surface area contributed by atoms with Crippen molar-refractivity contribution in [2.45, 2.75) is 19.6 Å². The Morgan fingerprint density at radius 2 is 2.31 bits per heavy atom. The molecule has 13 heavy (non-hydrogen) atoms. The summed E-state index contributed by atoms with van der Waals surface area (Å²) in [5.74, 6) is 8.69. The number of anilines is 1. The van der Waals surface area contributed by atoms with Crippen LogP contribution in [0.15, 0.2) is 6.07 Å². The van der Waals surface area contributed by atoms with Gasteiger partial charge in [-0.05, 0) is 12.7 Å². The molecule has 0 aliphatic rings. The number of aryl methyl sites for hydroxylation is 1. The lowest BCUT2D eigenvalue weighted by Gasteiger charge is -2.03. The molecule has 0 fully saturated rings. The van der Waals surface area contributed by atoms with Crippen LogP contribution in [0.3, 0.4) is 0 Å². The van der Waals surface area contributed by atoms with Gasteiger partial charge in [-0.25, -0.2) is 15.8 Å². The number of nitrogen functional groups attached to an aromatic ring is 1. The van der Waals surface area contributed by atoms with Crippen molar-refractivity contribution < 1.29 is 0 Å². The average Bonchev–Trinajstić information content (AvgIpc) is 2.14. The van der Waals surface area contributed by atoms with Crippen LogP contribution < -0.4 is 11.3 Å². The fourth-order valence-corrected chi connectivity index (χ4v) is 1.48. The van der Waals surface area contributed by atoms with E-state index >= 15 is 0 Å². The van der Waals surface area contributed by atoms with Gasteiger partial charge >= 0.3 is 0 Å². The first-order valence-electron chi connectivity index (χ1n) is 4.15. The highest BCUT2D eigenvalue weighted by atomic mass is 32.2. The molecule has 0 aliphatic heterocycles. The Hall–Kier alpha value is -0.810. The van der Waals surface area contributed by atoms with E-state index in [1.165, 1.54) is 0 Å². The van der Waals surface area contributed by atoms with Crippen molar-refractivity contribution >= 4 is 17.6 Å². The highest BCUT2D eigenvalue weighted by molar-refractivity contribution is 7.98. The number of hydrogen-bond donors (Lipinski definition) is 2. The number of aromatic nitrogens is 2. The molecule has 1 aromatic heterocycles. The van der Waals surface area contributed by atoms with Crippen molar-refractivity contribution in [2.24, 2.45) is 5.84 Å². The minimum Gasteiger partial charge on any atom is -0.308 e. The van der Waals surface area contributed by atoms with Gasteiger partial charge in [-0.2, -0.15) is 11.8 Å². The van der Waals surface area contributed by atoms with Crippen LogP contribution >= 0.6 is 11.8 Å². The van der Waals surface area contributed by atoms with Crippen LogP contribution in [0.2, 0.25) is 0 Å². The third kappa shape index (κ3) is 3.20. The summed E-state index contributed by atoms with van der Waals surface area (Å²) in [6.07, 6.45) is 0. The summed E-state index contributed by atoms with van der Waals surface area (Å²) in [5, 5.41) is 0. The topological polar surface area (TPSA) is 63.8 Å². The molecule has 1 aromatic rings. The molecule has 5 heteroatoms. The standard InChI is InChI=1S/C8H14N4S/c1-3-13-5-8-10-6(2)4-7(11-8)12-9/h4H,3,5,9H2,1-2H3,(H,10,11,12). The molecule has 0 bridgehead atoms. The predicted molar refractivity (Wildman–Crippen MR) is 56.4 cm³/mol. The SMILES string of the molecule is CCSCc1nc(C)cc(NN)n1. The first kappa shape index (κ1) is 10.3. The second kappa shape index (κ2) is 5.04. The first-order chi connectivity index (χ1) is 6.26. The zero-order valence-corrected chi connectivity index (χ0v) is 8.69. The number of hydrogen-bond acceptors (Lipinski definition) is 5. The zero-order chi connectivity index (χ0) is 9.68. The molecule has 0 aromatic carbocycles. The highest BCUT2D eigenvalue weighted by Gasteiger charge is 2.00. The zero-order valence-electron chi connectivity index (χ0n) is 7.87. The molecule has 0 atom stereocenters. The number of thioether (sulfide) groups is 1. The Balaban J connectivity index is 2.76. The van der Waals surface area contributed by atoms with Crippen LogP contribution in [0.1, 0.15) is 18.4 Å². The average molecular weight is 198 g/mol. The summed E-state index contributed by atoms with van der Waals surface area (Å²) in [6, 6.07) is 1.82. The Bertz CT molecular complexity index is 277. The molecular weight excluding hydrogens is 184 g/mol. The predicted octanol–water partition coefficient (Wildman–Crippen LogP) is 1.32. The second-order valence-electron chi connectivity index (χ2n) is 2.59. The molecule has 0 amide bonds. The Morgan fingerprint density at radius 3 is 2.92 bits per heavy atom. The van der Waals surface area contributed by atoms with Gasteiger partial charge < -0.3 is 5.43 Å². The first-order valence-corrected chi connectivity index (χ1v) is 5.30. The van der Waals surface area contributed by atoms with E-state index in [0.29, 0.717) is 5.82 Å². The van der Waals surface area contributed by atoms with Gasteiger partial charge in [0.05, 0.1) is 5.75 Å². The Morgan fingerprint density at radius 1 is 1.54 bits per heavy atom. The number of nitrogens with zero attached hydrogens (tertiary/aromatic N) is 2. The molecule has 0 unspecified atom stereocenters. The molecule has 1 heterocycles. The number of nitrogens with two attached hydrogens (primary N) is 1. The molecule has 0 saturated heterocycles. The normalized spacial score (nSPS) is 10.1. The summed E-state index contributed by atoms with van der Waals surface area (Å²) >= 11 is 1.80. The largest absolute Gasteiger partial charge is 0.308 e. The Labute approximate surface area is 82.3 Å². The lowest BCUT2D eigenvalue weighted by molar-refractivity contribution is 0.991. The molecular formula is C8H14N4S. The summed E-state index contributed by atoms with van der Waals surface area (Å²) in [7, 11) is 0. The molecule has 0 radical (unpaired) electrons. The number of rotatable bonds is 4. The van der Waals surface area contributed by atoms with Crippen LogP contribution in [0.4, 0.5) is 5.82 Å². The second-order valence-corrected chi connectivity index (χ2v) is 3.87.